The van der Waals surface area contributed by atoms with Crippen LogP contribution in [0.1, 0.15) is 49.5 Å². The van der Waals surface area contributed by atoms with E-state index in [1.54, 1.807) is 24.3 Å². The van der Waals surface area contributed by atoms with Crippen molar-refractivity contribution in [2.45, 2.75) is 51.2 Å². The zero-order valence-corrected chi connectivity index (χ0v) is 29.6. The third kappa shape index (κ3) is 8.85. The number of carbonyl (C=O) groups excluding carboxylic acids is 3. The zero-order valence-electron chi connectivity index (χ0n) is 28.0. The number of amides is 2. The number of carbonyl (C=O) groups is 3. The number of nitrogens with one attached hydrogen (secondary N) is 1. The number of aryl methyl sites for hydroxylation is 1. The summed E-state index contributed by atoms with van der Waals surface area (Å²) in [5.41, 5.74) is 11.9. The molecule has 0 saturated heterocycles. The van der Waals surface area contributed by atoms with Crippen molar-refractivity contribution in [1.82, 2.24) is 24.6 Å². The number of aromatic hydroxyl groups is 1. The average molecular weight is 756 g/mol. The summed E-state index contributed by atoms with van der Waals surface area (Å²) in [6, 6.07) is 11.6. The largest absolute Gasteiger partial charge is 0.506 e. The summed E-state index contributed by atoms with van der Waals surface area (Å²) in [7, 11) is -4.23. The van der Waals surface area contributed by atoms with Gasteiger partial charge in [-0.25, -0.2) is 18.1 Å². The number of fused-ring (bicyclic) bond motifs is 1. The third-order valence-electron chi connectivity index (χ3n) is 7.23. The number of aromatic nitrogens is 5. The smallest absolute Gasteiger partial charge is 0.419 e. The fraction of sp³-hybridized carbons (Fsp3) is 0.281. The molecule has 3 aromatic heterocycles. The molecule has 20 heteroatoms. The summed E-state index contributed by atoms with van der Waals surface area (Å²) in [6.07, 6.45) is 0.180. The minimum atomic E-state index is -4.23. The number of nitrogens with two attached hydrogens (primary N) is 2. The maximum absolute atomic E-state index is 13.5. The Morgan fingerprint density at radius 2 is 1.81 bits per heavy atom. The molecule has 5 rings (SSSR count). The summed E-state index contributed by atoms with van der Waals surface area (Å²) in [6.45, 7) is 5.12. The molecule has 1 unspecified atom stereocenters. The molecule has 5 aromatic rings. The highest BCUT2D eigenvalue weighted by Gasteiger charge is 2.26. The van der Waals surface area contributed by atoms with E-state index in [0.29, 0.717) is 18.6 Å². The van der Waals surface area contributed by atoms with Crippen molar-refractivity contribution in [2.75, 3.05) is 21.9 Å². The number of hydrogen-bond donors (Lipinski definition) is 4. The Bertz CT molecular complexity index is 2210. The fourth-order valence-corrected chi connectivity index (χ4v) is 6.20. The second-order valence-corrected chi connectivity index (χ2v) is 13.9. The van der Waals surface area contributed by atoms with Gasteiger partial charge in [-0.1, -0.05) is 37.6 Å². The minimum absolute atomic E-state index is 0.0124. The van der Waals surface area contributed by atoms with Gasteiger partial charge in [-0.3, -0.25) is 14.3 Å². The van der Waals surface area contributed by atoms with Gasteiger partial charge in [0.15, 0.2) is 5.76 Å². The molecule has 0 spiro atoms. The lowest BCUT2D eigenvalue weighted by Crippen LogP contribution is -2.37. The predicted octanol–water partition coefficient (Wildman–Crippen LogP) is 4.13. The van der Waals surface area contributed by atoms with E-state index in [1.165, 1.54) is 29.8 Å². The second kappa shape index (κ2) is 15.5. The van der Waals surface area contributed by atoms with Gasteiger partial charge in [0.2, 0.25) is 24.0 Å². The number of esters is 1. The van der Waals surface area contributed by atoms with E-state index in [0.717, 1.165) is 22.6 Å². The van der Waals surface area contributed by atoms with Crippen molar-refractivity contribution in [1.29, 1.82) is 0 Å². The van der Waals surface area contributed by atoms with Gasteiger partial charge in [-0.15, -0.1) is 5.10 Å². The summed E-state index contributed by atoms with van der Waals surface area (Å²) in [5.74, 6) is -1.87. The molecule has 52 heavy (non-hydrogen) atoms. The van der Waals surface area contributed by atoms with Gasteiger partial charge in [0.25, 0.3) is 21.7 Å². The number of ether oxygens (including phenoxy) is 2. The molecule has 0 radical (unpaired) electrons. The summed E-state index contributed by atoms with van der Waals surface area (Å²) in [4.78, 5) is 51.0. The van der Waals surface area contributed by atoms with Gasteiger partial charge >= 0.3 is 12.1 Å². The SMILES string of the molecule is CC(C)CC(=O)OC(C)OC(=O)N(CCCc1ccc(NS(=O)(=O)c2cc(Cl)c(O)c(C(N)=O)c2)cc1)c1nc(N)n2nc(-c3ccco3)nc2n1. The summed E-state index contributed by atoms with van der Waals surface area (Å²) in [5, 5.41) is 13.8. The van der Waals surface area contributed by atoms with E-state index in [1.807, 2.05) is 13.8 Å². The first kappa shape index (κ1) is 37.3. The van der Waals surface area contributed by atoms with Gasteiger partial charge in [-0.05, 0) is 60.7 Å². The molecule has 0 aliphatic carbocycles. The van der Waals surface area contributed by atoms with Crippen LogP contribution in [-0.4, -0.2) is 68.9 Å². The number of primary amides is 1. The average Bonchev–Trinajstić information content (AvgIpc) is 3.75. The van der Waals surface area contributed by atoms with Crippen molar-refractivity contribution >= 4 is 63.0 Å². The van der Waals surface area contributed by atoms with Crippen LogP contribution in [0.25, 0.3) is 17.4 Å². The van der Waals surface area contributed by atoms with Crippen molar-refractivity contribution in [3.05, 3.63) is 70.9 Å². The van der Waals surface area contributed by atoms with Crippen molar-refractivity contribution in [3.8, 4) is 17.3 Å². The Morgan fingerprint density at radius 1 is 1.08 bits per heavy atom. The van der Waals surface area contributed by atoms with Crippen LogP contribution in [0.2, 0.25) is 5.02 Å². The number of halogens is 1. The lowest BCUT2D eigenvalue weighted by Gasteiger charge is -2.23. The van der Waals surface area contributed by atoms with E-state index < -0.39 is 45.6 Å². The normalized spacial score (nSPS) is 12.1. The zero-order chi connectivity index (χ0) is 37.7. The van der Waals surface area contributed by atoms with Crippen LogP contribution in [0.15, 0.2) is 64.1 Å². The number of nitrogens with zero attached hydrogens (tertiary/aromatic N) is 6. The van der Waals surface area contributed by atoms with Crippen LogP contribution in [0, 0.1) is 5.92 Å². The van der Waals surface area contributed by atoms with Crippen LogP contribution in [0.4, 0.5) is 22.4 Å². The maximum Gasteiger partial charge on any atom is 0.419 e. The molecular weight excluding hydrogens is 722 g/mol. The molecular formula is C32H34ClN9O9S. The number of anilines is 3. The Kier molecular flexibility index (Phi) is 11.1. The van der Waals surface area contributed by atoms with Crippen LogP contribution in [-0.2, 0) is 30.7 Å². The van der Waals surface area contributed by atoms with E-state index in [2.05, 4.69) is 24.8 Å². The third-order valence-corrected chi connectivity index (χ3v) is 8.88. The molecule has 2 aromatic carbocycles. The number of benzene rings is 2. The van der Waals surface area contributed by atoms with E-state index in [4.69, 9.17) is 37.0 Å². The number of nitrogen functional groups attached to an aromatic ring is 1. The highest BCUT2D eigenvalue weighted by Crippen LogP contribution is 2.31. The quantitative estimate of drug-likeness (QED) is 0.0918. The molecule has 274 valence electrons. The molecule has 6 N–H and O–H groups in total. The summed E-state index contributed by atoms with van der Waals surface area (Å²) >= 11 is 5.91. The Hall–Kier alpha value is -5.95. The van der Waals surface area contributed by atoms with Crippen LogP contribution >= 0.6 is 11.6 Å². The molecule has 0 fully saturated rings. The van der Waals surface area contributed by atoms with Crippen LogP contribution < -0.4 is 21.1 Å². The van der Waals surface area contributed by atoms with Gasteiger partial charge in [-0.2, -0.15) is 19.5 Å². The lowest BCUT2D eigenvalue weighted by atomic mass is 10.1. The first-order valence-corrected chi connectivity index (χ1v) is 17.5. The highest BCUT2D eigenvalue weighted by atomic mass is 35.5. The van der Waals surface area contributed by atoms with Crippen molar-refractivity contribution in [2.24, 2.45) is 11.7 Å². The Labute approximate surface area is 301 Å². The minimum Gasteiger partial charge on any atom is -0.506 e. The topological polar surface area (TPSA) is 260 Å². The van der Waals surface area contributed by atoms with Crippen LogP contribution in [0.3, 0.4) is 0 Å². The van der Waals surface area contributed by atoms with E-state index in [-0.39, 0.29) is 58.0 Å². The van der Waals surface area contributed by atoms with Crippen molar-refractivity contribution in [3.63, 3.8) is 0 Å². The first-order valence-electron chi connectivity index (χ1n) is 15.7. The number of phenols is 1. The molecule has 0 saturated carbocycles. The molecule has 0 aliphatic heterocycles. The highest BCUT2D eigenvalue weighted by molar-refractivity contribution is 7.92. The maximum atomic E-state index is 13.5. The number of rotatable bonds is 14. The van der Waals surface area contributed by atoms with E-state index >= 15 is 0 Å². The Morgan fingerprint density at radius 3 is 2.46 bits per heavy atom. The number of hydrogen-bond acceptors (Lipinski definition) is 14. The van der Waals surface area contributed by atoms with Gasteiger partial charge in [0, 0.05) is 25.6 Å². The van der Waals surface area contributed by atoms with E-state index in [9.17, 15) is 27.9 Å². The number of furan rings is 1. The van der Waals surface area contributed by atoms with Gasteiger partial charge < -0.3 is 30.5 Å². The van der Waals surface area contributed by atoms with Crippen LogP contribution in [0.5, 0.6) is 5.75 Å². The standard InChI is InChI=1S/C32H34ClN9O9S/c1-17(2)14-25(43)50-18(3)51-32(46)41(30-37-29(35)42-31(38-30)36-28(39-42)24-7-5-13-49-24)12-4-6-19-8-10-20(11-9-19)40-52(47,48)21-15-22(27(34)45)26(44)23(33)16-21/h5,7-11,13,15-18,40,44H,4,6,12,14H2,1-3H3,(H2,34,45)(H2,35,36,37,38,39). The summed E-state index contributed by atoms with van der Waals surface area (Å²) < 4.78 is 45.6. The van der Waals surface area contributed by atoms with Gasteiger partial charge in [0.05, 0.1) is 21.7 Å². The van der Waals surface area contributed by atoms with Crippen molar-refractivity contribution < 1.29 is 41.8 Å². The fourth-order valence-electron chi connectivity index (χ4n) is 4.81. The molecule has 18 nitrogen and oxygen atoms in total. The Balaban J connectivity index is 1.31. The number of sulfonamides is 1. The molecule has 0 aliphatic rings. The molecule has 1 atom stereocenters. The second-order valence-electron chi connectivity index (χ2n) is 11.8. The lowest BCUT2D eigenvalue weighted by molar-refractivity contribution is -0.165. The molecule has 2 amide bonds. The van der Waals surface area contributed by atoms with Gasteiger partial charge in [0.1, 0.15) is 5.75 Å². The predicted molar refractivity (Wildman–Crippen MR) is 187 cm³/mol. The molecule has 3 heterocycles. The monoisotopic (exact) mass is 755 g/mol. The first-order chi connectivity index (χ1) is 24.6. The molecule has 0 bridgehead atoms.